The van der Waals surface area contributed by atoms with E-state index in [4.69, 9.17) is 9.47 Å². The first-order valence-corrected chi connectivity index (χ1v) is 8.83. The Morgan fingerprint density at radius 2 is 2.23 bits per heavy atom. The largest absolute Gasteiger partial charge is 0.482 e. The van der Waals surface area contributed by atoms with Crippen molar-refractivity contribution in [1.82, 2.24) is 4.90 Å². The zero-order valence-corrected chi connectivity index (χ0v) is 14.6. The third-order valence-electron chi connectivity index (χ3n) is 6.40. The Morgan fingerprint density at radius 3 is 2.96 bits per heavy atom. The Hall–Kier alpha value is -2.40. The summed E-state index contributed by atoms with van der Waals surface area (Å²) in [6.45, 7) is 2.12. The number of nitrogens with zero attached hydrogens (tertiary/aromatic N) is 1. The minimum absolute atomic E-state index is 0.00688. The molecule has 6 heteroatoms. The van der Waals surface area contributed by atoms with Gasteiger partial charge in [-0.25, -0.2) is 4.79 Å². The fraction of sp³-hybridized carbons (Fsp3) is 0.450. The normalized spacial score (nSPS) is 36.2. The summed E-state index contributed by atoms with van der Waals surface area (Å²) in [4.78, 5) is 25.6. The number of piperidine rings is 1. The van der Waals surface area contributed by atoms with Gasteiger partial charge in [0.25, 0.3) is 0 Å². The van der Waals surface area contributed by atoms with E-state index in [0.717, 1.165) is 24.1 Å². The van der Waals surface area contributed by atoms with Gasteiger partial charge in [0.15, 0.2) is 11.5 Å². The second-order valence-corrected chi connectivity index (χ2v) is 7.58. The van der Waals surface area contributed by atoms with Crippen LogP contribution in [0.2, 0.25) is 0 Å². The highest BCUT2D eigenvalue weighted by atomic mass is 16.6. The number of carbonyl (C=O) groups excluding carboxylic acids is 2. The molecule has 1 saturated heterocycles. The Bertz CT molecular complexity index is 915. The van der Waals surface area contributed by atoms with Crippen LogP contribution >= 0.6 is 0 Å². The molecule has 1 aromatic rings. The summed E-state index contributed by atoms with van der Waals surface area (Å²) in [6.07, 6.45) is 3.37. The molecule has 4 aliphatic rings. The van der Waals surface area contributed by atoms with Crippen molar-refractivity contribution in [3.8, 4) is 11.5 Å². The van der Waals surface area contributed by atoms with Crippen LogP contribution in [0.1, 0.15) is 24.5 Å². The van der Waals surface area contributed by atoms with Crippen molar-refractivity contribution in [2.75, 3.05) is 13.6 Å². The smallest absolute Gasteiger partial charge is 0.308 e. The molecule has 5 rings (SSSR count). The first kappa shape index (κ1) is 15.8. The van der Waals surface area contributed by atoms with Crippen LogP contribution < -0.4 is 9.47 Å². The molecule has 1 spiro atoms. The summed E-state index contributed by atoms with van der Waals surface area (Å²) in [6, 6.07) is 3.38. The number of benzene rings is 1. The number of hydrogen-bond acceptors (Lipinski definition) is 6. The van der Waals surface area contributed by atoms with E-state index in [-0.39, 0.29) is 12.0 Å². The molecule has 1 fully saturated rings. The Morgan fingerprint density at radius 1 is 1.42 bits per heavy atom. The van der Waals surface area contributed by atoms with Gasteiger partial charge >= 0.3 is 5.97 Å². The van der Waals surface area contributed by atoms with Gasteiger partial charge in [-0.1, -0.05) is 12.2 Å². The highest BCUT2D eigenvalue weighted by Gasteiger charge is 2.65. The number of likely N-dealkylation sites (tertiary alicyclic amines) is 1. The van der Waals surface area contributed by atoms with Gasteiger partial charge in [-0.15, -0.1) is 0 Å². The average molecular weight is 353 g/mol. The Labute approximate surface area is 150 Å². The van der Waals surface area contributed by atoms with E-state index in [1.165, 1.54) is 6.92 Å². The van der Waals surface area contributed by atoms with Crippen LogP contribution in [-0.4, -0.2) is 53.8 Å². The molecule has 2 aliphatic heterocycles. The number of likely N-dealkylation sites (N-methyl/N-ethyl adjacent to an activating group) is 1. The molecule has 2 heterocycles. The monoisotopic (exact) mass is 353 g/mol. The second kappa shape index (κ2) is 5.07. The maximum Gasteiger partial charge on any atom is 0.308 e. The molecule has 0 saturated carbocycles. The van der Waals surface area contributed by atoms with Gasteiger partial charge in [0.2, 0.25) is 0 Å². The van der Waals surface area contributed by atoms with Crippen molar-refractivity contribution >= 4 is 17.5 Å². The summed E-state index contributed by atoms with van der Waals surface area (Å²) < 4.78 is 11.6. The van der Waals surface area contributed by atoms with Gasteiger partial charge < -0.3 is 14.6 Å². The average Bonchev–Trinajstić information content (AvgIpc) is 2.96. The lowest BCUT2D eigenvalue weighted by atomic mass is 9.52. The molecule has 5 atom stereocenters. The summed E-state index contributed by atoms with van der Waals surface area (Å²) in [5, 5.41) is 10.6. The second-order valence-electron chi connectivity index (χ2n) is 7.58. The molecule has 0 unspecified atom stereocenters. The first-order valence-electron chi connectivity index (χ1n) is 8.83. The van der Waals surface area contributed by atoms with Gasteiger partial charge in [0, 0.05) is 23.8 Å². The maximum atomic E-state index is 11.9. The molecule has 134 valence electrons. The summed E-state index contributed by atoms with van der Waals surface area (Å²) in [5.74, 6) is 2.55. The quantitative estimate of drug-likeness (QED) is 0.353. The number of aliphatic hydroxyl groups is 1. The lowest BCUT2D eigenvalue weighted by Gasteiger charge is -2.56. The van der Waals surface area contributed by atoms with E-state index < -0.39 is 23.6 Å². The summed E-state index contributed by atoms with van der Waals surface area (Å²) in [7, 11) is 2.01. The number of ether oxygens (including phenoxy) is 2. The van der Waals surface area contributed by atoms with Crippen LogP contribution in [0.5, 0.6) is 11.5 Å². The molecule has 0 radical (unpaired) electrons. The SMILES string of the molecule is CC(=O)Oc1ccc2c3c1O[C@H]1[C@@H](O)C=C[C@H]4[C@@H](C2=C=O)N(C)CC[C@@]341. The third kappa shape index (κ3) is 1.69. The number of hydrogen-bond donors (Lipinski definition) is 1. The van der Waals surface area contributed by atoms with Crippen LogP contribution in [0.25, 0.3) is 5.57 Å². The van der Waals surface area contributed by atoms with Crippen molar-refractivity contribution in [2.45, 2.75) is 37.0 Å². The van der Waals surface area contributed by atoms with Crippen molar-refractivity contribution in [1.29, 1.82) is 0 Å². The van der Waals surface area contributed by atoms with Gasteiger partial charge in [0.1, 0.15) is 18.1 Å². The van der Waals surface area contributed by atoms with Crippen molar-refractivity contribution in [2.24, 2.45) is 5.92 Å². The fourth-order valence-corrected chi connectivity index (χ4v) is 5.48. The minimum atomic E-state index is -0.748. The Kier molecular flexibility index (Phi) is 3.09. The highest BCUT2D eigenvalue weighted by Crippen LogP contribution is 2.64. The standard InChI is InChI=1S/C20H19NO5/c1-10(23)25-15-6-3-11-12(9-22)17-13-4-5-14(24)19-20(13,7-8-21(17)2)16(11)18(15)26-19/h3-6,13-14,17,19,24H,7-8H2,1-2H3/t13-,14-,17+,19-,20-/m0/s1. The maximum absolute atomic E-state index is 11.9. The molecule has 1 aromatic carbocycles. The van der Waals surface area contributed by atoms with E-state index in [1.54, 1.807) is 12.1 Å². The molecule has 26 heavy (non-hydrogen) atoms. The number of esters is 1. The predicted octanol–water partition coefficient (Wildman–Crippen LogP) is 1.09. The summed E-state index contributed by atoms with van der Waals surface area (Å²) >= 11 is 0. The van der Waals surface area contributed by atoms with Gasteiger partial charge in [-0.2, -0.15) is 0 Å². The van der Waals surface area contributed by atoms with E-state index in [9.17, 15) is 14.7 Å². The molecule has 2 aliphatic carbocycles. The van der Waals surface area contributed by atoms with Crippen LogP contribution in [0.3, 0.4) is 0 Å². The lowest BCUT2D eigenvalue weighted by Crippen LogP contribution is -2.64. The lowest BCUT2D eigenvalue weighted by molar-refractivity contribution is -0.132. The third-order valence-corrected chi connectivity index (χ3v) is 6.40. The topological polar surface area (TPSA) is 76.1 Å². The van der Waals surface area contributed by atoms with Crippen LogP contribution in [0, 0.1) is 5.92 Å². The van der Waals surface area contributed by atoms with Gasteiger partial charge in [-0.3, -0.25) is 9.69 Å². The fourth-order valence-electron chi connectivity index (χ4n) is 5.48. The molecular weight excluding hydrogens is 334 g/mol. The number of rotatable bonds is 1. The molecule has 6 nitrogen and oxygen atoms in total. The zero-order valence-electron chi connectivity index (χ0n) is 14.6. The Balaban J connectivity index is 1.85. The zero-order chi connectivity index (χ0) is 18.2. The molecule has 1 N–H and O–H groups in total. The van der Waals surface area contributed by atoms with Gasteiger partial charge in [-0.05, 0) is 37.7 Å². The van der Waals surface area contributed by atoms with Crippen molar-refractivity contribution in [3.05, 3.63) is 35.4 Å². The van der Waals surface area contributed by atoms with Gasteiger partial charge in [0.05, 0.1) is 11.6 Å². The van der Waals surface area contributed by atoms with Crippen LogP contribution in [0.15, 0.2) is 24.3 Å². The van der Waals surface area contributed by atoms with E-state index in [0.29, 0.717) is 17.1 Å². The molecule has 0 aromatic heterocycles. The first-order chi connectivity index (χ1) is 12.5. The van der Waals surface area contributed by atoms with E-state index in [2.05, 4.69) is 10.8 Å². The number of carbonyl (C=O) groups is 1. The minimum Gasteiger partial charge on any atom is -0.482 e. The van der Waals surface area contributed by atoms with Crippen LogP contribution in [0.4, 0.5) is 0 Å². The molecular formula is C20H19NO5. The van der Waals surface area contributed by atoms with Crippen molar-refractivity contribution < 1.29 is 24.2 Å². The summed E-state index contributed by atoms with van der Waals surface area (Å²) in [5.41, 5.74) is 1.86. The molecule has 0 amide bonds. The van der Waals surface area contributed by atoms with E-state index >= 15 is 0 Å². The molecule has 2 bridgehead atoms. The number of aliphatic hydroxyl groups excluding tert-OH is 1. The van der Waals surface area contributed by atoms with E-state index in [1.807, 2.05) is 19.2 Å². The van der Waals surface area contributed by atoms with Crippen LogP contribution in [-0.2, 0) is 15.0 Å². The predicted molar refractivity (Wildman–Crippen MR) is 92.6 cm³/mol. The highest BCUT2D eigenvalue weighted by molar-refractivity contribution is 5.95. The van der Waals surface area contributed by atoms with Crippen molar-refractivity contribution in [3.63, 3.8) is 0 Å².